The number of primary amides is 1. The molecule has 0 spiro atoms. The van der Waals surface area contributed by atoms with Gasteiger partial charge in [-0.3, -0.25) is 19.2 Å². The lowest BCUT2D eigenvalue weighted by Gasteiger charge is -2.27. The van der Waals surface area contributed by atoms with Gasteiger partial charge in [-0.05, 0) is 24.5 Å². The maximum atomic E-state index is 13.3. The summed E-state index contributed by atoms with van der Waals surface area (Å²) < 4.78 is 0. The zero-order chi connectivity index (χ0) is 27.9. The molecule has 13 heteroatoms. The largest absolute Gasteiger partial charge is 0.480 e. The van der Waals surface area contributed by atoms with E-state index in [0.717, 1.165) is 10.9 Å². The lowest BCUT2D eigenvalue weighted by atomic mass is 10.0. The minimum Gasteiger partial charge on any atom is -0.480 e. The van der Waals surface area contributed by atoms with Gasteiger partial charge in [-0.2, -0.15) is 0 Å². The number of H-pyrrole nitrogens is 1. The van der Waals surface area contributed by atoms with Crippen molar-refractivity contribution in [1.29, 1.82) is 0 Å². The molecule has 5 atom stereocenters. The summed E-state index contributed by atoms with van der Waals surface area (Å²) in [6.07, 6.45) is -0.414. The van der Waals surface area contributed by atoms with E-state index in [0.29, 0.717) is 5.56 Å². The molecule has 0 saturated carbocycles. The molecule has 1 heterocycles. The summed E-state index contributed by atoms with van der Waals surface area (Å²) in [5.74, 6) is -5.14. The predicted molar refractivity (Wildman–Crippen MR) is 134 cm³/mol. The van der Waals surface area contributed by atoms with Crippen LogP contribution in [0.15, 0.2) is 30.5 Å². The van der Waals surface area contributed by atoms with Crippen LogP contribution in [0.25, 0.3) is 10.9 Å². The van der Waals surface area contributed by atoms with Crippen LogP contribution in [0, 0.1) is 5.92 Å². The van der Waals surface area contributed by atoms with Gasteiger partial charge in [-0.25, -0.2) is 4.79 Å². The molecule has 0 saturated heterocycles. The number of nitrogens with two attached hydrogens (primary N) is 2. The molecular weight excluding hydrogens is 484 g/mol. The fourth-order valence-corrected chi connectivity index (χ4v) is 3.62. The Hall–Kier alpha value is -3.97. The fourth-order valence-electron chi connectivity index (χ4n) is 3.62. The quantitative estimate of drug-likeness (QED) is 0.155. The monoisotopic (exact) mass is 518 g/mol. The first-order chi connectivity index (χ1) is 17.3. The number of aromatic amines is 1. The molecule has 202 valence electrons. The van der Waals surface area contributed by atoms with Crippen molar-refractivity contribution < 1.29 is 34.2 Å². The van der Waals surface area contributed by atoms with E-state index in [-0.39, 0.29) is 12.3 Å². The maximum Gasteiger partial charge on any atom is 0.326 e. The standard InChI is InChI=1S/C24H34N6O7/c1-11(2)19(26)22(34)28-16(8-13-10-27-15-7-5-4-6-14(13)15)21(33)30-20(12(3)31)23(35)29-17(24(36)37)9-18(25)32/h4-7,10-12,16-17,19-20,27,31H,8-9,26H2,1-3H3,(H2,25,32)(H,28,34)(H,29,35)(H,30,33)(H,36,37). The van der Waals surface area contributed by atoms with E-state index in [1.54, 1.807) is 20.0 Å². The van der Waals surface area contributed by atoms with Crippen LogP contribution < -0.4 is 27.4 Å². The third kappa shape index (κ3) is 8.02. The molecule has 1 aromatic carbocycles. The topological polar surface area (TPSA) is 230 Å². The predicted octanol–water partition coefficient (Wildman–Crippen LogP) is -1.51. The number of rotatable bonds is 13. The second kappa shape index (κ2) is 12.8. The minimum atomic E-state index is -1.66. The summed E-state index contributed by atoms with van der Waals surface area (Å²) in [7, 11) is 0. The maximum absolute atomic E-state index is 13.3. The molecule has 1 aromatic heterocycles. The van der Waals surface area contributed by atoms with E-state index in [1.807, 2.05) is 24.3 Å². The molecule has 0 radical (unpaired) electrons. The molecule has 37 heavy (non-hydrogen) atoms. The number of hydrogen-bond acceptors (Lipinski definition) is 7. The third-order valence-corrected chi connectivity index (χ3v) is 5.84. The third-order valence-electron chi connectivity index (χ3n) is 5.84. The number of aliphatic hydroxyl groups is 1. The van der Waals surface area contributed by atoms with Crippen molar-refractivity contribution in [3.63, 3.8) is 0 Å². The summed E-state index contributed by atoms with van der Waals surface area (Å²) in [6.45, 7) is 4.71. The van der Waals surface area contributed by atoms with Gasteiger partial charge in [0.2, 0.25) is 23.6 Å². The lowest BCUT2D eigenvalue weighted by Crippen LogP contribution is -2.60. The van der Waals surface area contributed by atoms with Crippen LogP contribution in [0.1, 0.15) is 32.8 Å². The molecule has 4 amide bonds. The number of para-hydroxylation sites is 1. The van der Waals surface area contributed by atoms with Crippen molar-refractivity contribution in [2.75, 3.05) is 0 Å². The highest BCUT2D eigenvalue weighted by atomic mass is 16.4. The van der Waals surface area contributed by atoms with Gasteiger partial charge in [0.1, 0.15) is 18.1 Å². The lowest BCUT2D eigenvalue weighted by molar-refractivity contribution is -0.144. The molecule has 5 unspecified atom stereocenters. The van der Waals surface area contributed by atoms with E-state index >= 15 is 0 Å². The smallest absolute Gasteiger partial charge is 0.326 e. The van der Waals surface area contributed by atoms with Crippen molar-refractivity contribution >= 4 is 40.5 Å². The first kappa shape index (κ1) is 29.3. The molecule has 0 bridgehead atoms. The van der Waals surface area contributed by atoms with Crippen LogP contribution in [0.2, 0.25) is 0 Å². The summed E-state index contributed by atoms with van der Waals surface area (Å²) in [5, 5.41) is 27.3. The molecule has 2 rings (SSSR count). The van der Waals surface area contributed by atoms with Gasteiger partial charge < -0.3 is 42.6 Å². The molecular formula is C24H34N6O7. The molecule has 0 fully saturated rings. The van der Waals surface area contributed by atoms with Crippen LogP contribution in [-0.2, 0) is 30.4 Å². The Labute approximate surface area is 213 Å². The zero-order valence-corrected chi connectivity index (χ0v) is 20.9. The van der Waals surface area contributed by atoms with Crippen LogP contribution in [0.3, 0.4) is 0 Å². The number of carboxylic acid groups (broad SMARTS) is 1. The van der Waals surface area contributed by atoms with E-state index in [2.05, 4.69) is 20.9 Å². The summed E-state index contributed by atoms with van der Waals surface area (Å²) >= 11 is 0. The number of fused-ring (bicyclic) bond motifs is 1. The molecule has 0 aliphatic heterocycles. The number of carboxylic acids is 1. The Morgan fingerprint density at radius 3 is 2.14 bits per heavy atom. The first-order valence-corrected chi connectivity index (χ1v) is 11.7. The highest BCUT2D eigenvalue weighted by Gasteiger charge is 2.33. The van der Waals surface area contributed by atoms with Crippen molar-refractivity contribution in [3.05, 3.63) is 36.0 Å². The molecule has 10 N–H and O–H groups in total. The van der Waals surface area contributed by atoms with Crippen molar-refractivity contribution in [1.82, 2.24) is 20.9 Å². The van der Waals surface area contributed by atoms with Gasteiger partial charge in [0.15, 0.2) is 0 Å². The second-order valence-electron chi connectivity index (χ2n) is 9.19. The number of aromatic nitrogens is 1. The molecule has 2 aromatic rings. The second-order valence-corrected chi connectivity index (χ2v) is 9.19. The number of benzene rings is 1. The summed E-state index contributed by atoms with van der Waals surface area (Å²) in [4.78, 5) is 64.4. The van der Waals surface area contributed by atoms with E-state index in [4.69, 9.17) is 11.5 Å². The van der Waals surface area contributed by atoms with Crippen LogP contribution in [-0.4, -0.2) is 75.1 Å². The Morgan fingerprint density at radius 2 is 1.57 bits per heavy atom. The number of carbonyl (C=O) groups is 5. The Bertz CT molecular complexity index is 1150. The minimum absolute atomic E-state index is 0.0278. The SMILES string of the molecule is CC(C)C(N)C(=O)NC(Cc1c[nH]c2ccccc12)C(=O)NC(C(=O)NC(CC(N)=O)C(=O)O)C(C)O. The van der Waals surface area contributed by atoms with Crippen molar-refractivity contribution in [3.8, 4) is 0 Å². The van der Waals surface area contributed by atoms with Crippen molar-refractivity contribution in [2.24, 2.45) is 17.4 Å². The van der Waals surface area contributed by atoms with Gasteiger partial charge in [-0.15, -0.1) is 0 Å². The average molecular weight is 519 g/mol. The fraction of sp³-hybridized carbons (Fsp3) is 0.458. The molecule has 13 nitrogen and oxygen atoms in total. The van der Waals surface area contributed by atoms with Crippen LogP contribution >= 0.6 is 0 Å². The first-order valence-electron chi connectivity index (χ1n) is 11.7. The Morgan fingerprint density at radius 1 is 0.946 bits per heavy atom. The highest BCUT2D eigenvalue weighted by molar-refractivity contribution is 5.95. The number of hydrogen-bond donors (Lipinski definition) is 8. The van der Waals surface area contributed by atoms with Crippen LogP contribution in [0.4, 0.5) is 0 Å². The normalized spacial score (nSPS) is 15.3. The van der Waals surface area contributed by atoms with Gasteiger partial charge in [0.25, 0.3) is 0 Å². The highest BCUT2D eigenvalue weighted by Crippen LogP contribution is 2.19. The Kier molecular flexibility index (Phi) is 10.1. The van der Waals surface area contributed by atoms with E-state index < -0.39 is 66.3 Å². The summed E-state index contributed by atoms with van der Waals surface area (Å²) in [5.41, 5.74) is 12.5. The average Bonchev–Trinajstić information content (AvgIpc) is 3.22. The number of carbonyl (C=O) groups excluding carboxylic acids is 4. The van der Waals surface area contributed by atoms with Gasteiger partial charge in [-0.1, -0.05) is 32.0 Å². The number of aliphatic hydroxyl groups excluding tert-OH is 1. The van der Waals surface area contributed by atoms with Gasteiger partial charge >= 0.3 is 5.97 Å². The number of aliphatic carboxylic acids is 1. The van der Waals surface area contributed by atoms with Crippen LogP contribution in [0.5, 0.6) is 0 Å². The number of nitrogens with one attached hydrogen (secondary N) is 4. The summed E-state index contributed by atoms with van der Waals surface area (Å²) in [6, 6.07) is 2.00. The van der Waals surface area contributed by atoms with Crippen molar-refractivity contribution in [2.45, 2.75) is 63.9 Å². The van der Waals surface area contributed by atoms with E-state index in [1.165, 1.54) is 6.92 Å². The van der Waals surface area contributed by atoms with Gasteiger partial charge in [0.05, 0.1) is 18.6 Å². The molecule has 0 aliphatic rings. The van der Waals surface area contributed by atoms with Gasteiger partial charge in [0, 0.05) is 23.5 Å². The molecule has 0 aliphatic carbocycles. The zero-order valence-electron chi connectivity index (χ0n) is 20.9. The van der Waals surface area contributed by atoms with E-state index in [9.17, 15) is 34.2 Å². The number of amides is 4. The Balaban J connectivity index is 2.29.